The minimum absolute atomic E-state index is 0.140. The maximum atomic E-state index is 12.5. The number of hydrogen-bond acceptors (Lipinski definition) is 6. The van der Waals surface area contributed by atoms with E-state index < -0.39 is 11.5 Å². The quantitative estimate of drug-likeness (QED) is 0.798. The highest BCUT2D eigenvalue weighted by Crippen LogP contribution is 2.25. The number of hydrogen-bond donors (Lipinski definition) is 2. The Morgan fingerprint density at radius 1 is 1.46 bits per heavy atom. The molecule has 2 heterocycles. The van der Waals surface area contributed by atoms with Crippen LogP contribution in [0.5, 0.6) is 5.75 Å². The summed E-state index contributed by atoms with van der Waals surface area (Å²) in [6.07, 6.45) is 2.40. The van der Waals surface area contributed by atoms with Crippen molar-refractivity contribution in [3.8, 4) is 5.75 Å². The van der Waals surface area contributed by atoms with Crippen LogP contribution in [0.25, 0.3) is 0 Å². The van der Waals surface area contributed by atoms with Gasteiger partial charge in [-0.05, 0) is 38.8 Å². The maximum absolute atomic E-state index is 12.5. The van der Waals surface area contributed by atoms with E-state index in [0.717, 1.165) is 6.20 Å². The third kappa shape index (κ3) is 3.30. The number of benzene rings is 1. The summed E-state index contributed by atoms with van der Waals surface area (Å²) in [6.45, 7) is 4.30. The largest absolute Gasteiger partial charge is 0.492 e. The van der Waals surface area contributed by atoms with Crippen LogP contribution in [0.2, 0.25) is 0 Å². The van der Waals surface area contributed by atoms with Gasteiger partial charge in [-0.3, -0.25) is 14.8 Å². The van der Waals surface area contributed by atoms with Crippen LogP contribution in [0.1, 0.15) is 48.9 Å². The van der Waals surface area contributed by atoms with Crippen LogP contribution in [0.15, 0.2) is 40.4 Å². The molecule has 0 aliphatic carbocycles. The normalized spacial score (nSPS) is 17.6. The van der Waals surface area contributed by atoms with Gasteiger partial charge in [0.1, 0.15) is 17.0 Å². The lowest BCUT2D eigenvalue weighted by Gasteiger charge is -2.25. The molecule has 26 heavy (non-hydrogen) atoms. The van der Waals surface area contributed by atoms with Gasteiger partial charge in [-0.15, -0.1) is 0 Å². The second-order valence-corrected chi connectivity index (χ2v) is 5.96. The lowest BCUT2D eigenvalue weighted by molar-refractivity contribution is 0.0693. The van der Waals surface area contributed by atoms with Gasteiger partial charge in [0.15, 0.2) is 5.82 Å². The highest BCUT2D eigenvalue weighted by atomic mass is 16.5. The van der Waals surface area contributed by atoms with E-state index >= 15 is 0 Å². The van der Waals surface area contributed by atoms with Crippen molar-refractivity contribution in [3.63, 3.8) is 0 Å². The third-order valence-electron chi connectivity index (χ3n) is 4.22. The lowest BCUT2D eigenvalue weighted by atomic mass is 10.0. The first-order chi connectivity index (χ1) is 12.5. The van der Waals surface area contributed by atoms with E-state index in [1.54, 1.807) is 0 Å². The molecule has 1 unspecified atom stereocenters. The van der Waals surface area contributed by atoms with Crippen LogP contribution in [0.4, 0.5) is 5.69 Å². The van der Waals surface area contributed by atoms with Crippen LogP contribution in [-0.4, -0.2) is 32.9 Å². The van der Waals surface area contributed by atoms with E-state index in [1.165, 1.54) is 4.57 Å². The van der Waals surface area contributed by atoms with Crippen molar-refractivity contribution >= 4 is 17.4 Å². The second kappa shape index (κ2) is 7.38. The molecule has 2 aromatic rings. The fraction of sp³-hybridized carbons (Fsp3) is 0.333. The molecule has 8 nitrogen and oxygen atoms in total. The molecule has 0 radical (unpaired) electrons. The topological polar surface area (TPSA) is 106 Å². The summed E-state index contributed by atoms with van der Waals surface area (Å²) in [5.74, 6) is -0.215. The molecule has 0 fully saturated rings. The van der Waals surface area contributed by atoms with Crippen LogP contribution >= 0.6 is 0 Å². The summed E-state index contributed by atoms with van der Waals surface area (Å²) >= 11 is 0. The fourth-order valence-electron chi connectivity index (χ4n) is 2.90. The molecule has 1 atom stereocenters. The van der Waals surface area contributed by atoms with E-state index in [2.05, 4.69) is 15.5 Å². The lowest BCUT2D eigenvalue weighted by Crippen LogP contribution is -2.37. The molecular weight excluding hydrogens is 336 g/mol. The molecule has 1 aromatic heterocycles. The van der Waals surface area contributed by atoms with E-state index in [9.17, 15) is 9.59 Å². The summed E-state index contributed by atoms with van der Waals surface area (Å²) < 4.78 is 6.96. The van der Waals surface area contributed by atoms with Crippen molar-refractivity contribution in [2.45, 2.75) is 32.7 Å². The van der Waals surface area contributed by atoms with Crippen molar-refractivity contribution in [1.29, 1.82) is 0 Å². The van der Waals surface area contributed by atoms with Crippen molar-refractivity contribution in [3.05, 3.63) is 52.2 Å². The zero-order valence-electron chi connectivity index (χ0n) is 14.6. The summed E-state index contributed by atoms with van der Waals surface area (Å²) in [5.41, 5.74) is 3.38. The minimum Gasteiger partial charge on any atom is -0.492 e. The molecule has 0 saturated heterocycles. The molecule has 136 valence electrons. The predicted molar refractivity (Wildman–Crippen MR) is 97.2 cm³/mol. The van der Waals surface area contributed by atoms with Gasteiger partial charge in [0.25, 0.3) is 5.56 Å². The van der Waals surface area contributed by atoms with Gasteiger partial charge in [0.2, 0.25) is 0 Å². The number of carboxylic acids is 1. The van der Waals surface area contributed by atoms with E-state index in [0.29, 0.717) is 42.4 Å². The Morgan fingerprint density at radius 2 is 2.23 bits per heavy atom. The zero-order valence-corrected chi connectivity index (χ0v) is 14.6. The van der Waals surface area contributed by atoms with Crippen molar-refractivity contribution in [1.82, 2.24) is 9.55 Å². The number of carboxylic acid groups (broad SMARTS) is 1. The summed E-state index contributed by atoms with van der Waals surface area (Å²) in [7, 11) is 0. The molecule has 0 saturated carbocycles. The Balaban J connectivity index is 1.98. The first kappa shape index (κ1) is 17.7. The van der Waals surface area contributed by atoms with Gasteiger partial charge in [-0.25, -0.2) is 9.78 Å². The monoisotopic (exact) mass is 356 g/mol. The Bertz CT molecular complexity index is 920. The fourth-order valence-corrected chi connectivity index (χ4v) is 2.90. The molecule has 0 amide bonds. The number of aromatic carboxylic acids is 1. The minimum atomic E-state index is -1.28. The van der Waals surface area contributed by atoms with Crippen LogP contribution in [-0.2, 0) is 0 Å². The SMILES string of the molecule is CCOc1ccccc1NN=C1CCC(C)n2c1ncc(C(=O)O)c2=O. The average Bonchev–Trinajstić information content (AvgIpc) is 2.62. The Kier molecular flexibility index (Phi) is 5.01. The molecule has 0 bridgehead atoms. The molecule has 1 aromatic carbocycles. The van der Waals surface area contributed by atoms with Crippen LogP contribution < -0.4 is 15.7 Å². The number of aromatic nitrogens is 2. The van der Waals surface area contributed by atoms with Gasteiger partial charge in [-0.1, -0.05) is 12.1 Å². The Labute approximate surface area is 150 Å². The van der Waals surface area contributed by atoms with Crippen LogP contribution in [0, 0.1) is 0 Å². The highest BCUT2D eigenvalue weighted by Gasteiger charge is 2.26. The average molecular weight is 356 g/mol. The number of nitrogens with one attached hydrogen (secondary N) is 1. The molecule has 1 aliphatic rings. The van der Waals surface area contributed by atoms with Gasteiger partial charge in [0, 0.05) is 12.2 Å². The number of carbonyl (C=O) groups is 1. The summed E-state index contributed by atoms with van der Waals surface area (Å²) in [6, 6.07) is 7.28. The zero-order chi connectivity index (χ0) is 18.7. The standard InChI is InChI=1S/C18H20N4O4/c1-3-26-15-7-5-4-6-13(15)20-21-14-9-8-11(2)22-16(14)19-10-12(17(22)23)18(24)25/h4-7,10-11,20H,3,8-9H2,1-2H3,(H,24,25). The van der Waals surface area contributed by atoms with Gasteiger partial charge < -0.3 is 9.84 Å². The van der Waals surface area contributed by atoms with E-state index in [4.69, 9.17) is 9.84 Å². The van der Waals surface area contributed by atoms with Crippen molar-refractivity contribution in [2.75, 3.05) is 12.0 Å². The number of hydrazone groups is 1. The van der Waals surface area contributed by atoms with E-state index in [1.807, 2.05) is 38.1 Å². The molecule has 0 spiro atoms. The Hall–Kier alpha value is -3.16. The number of para-hydroxylation sites is 2. The van der Waals surface area contributed by atoms with Gasteiger partial charge >= 0.3 is 5.97 Å². The van der Waals surface area contributed by atoms with Gasteiger partial charge in [-0.2, -0.15) is 5.10 Å². The first-order valence-electron chi connectivity index (χ1n) is 8.42. The Morgan fingerprint density at radius 3 is 2.96 bits per heavy atom. The number of nitrogens with zero attached hydrogens (tertiary/aromatic N) is 3. The molecule has 2 N–H and O–H groups in total. The number of rotatable bonds is 5. The maximum Gasteiger partial charge on any atom is 0.342 e. The third-order valence-corrected chi connectivity index (χ3v) is 4.22. The molecule has 8 heteroatoms. The van der Waals surface area contributed by atoms with Gasteiger partial charge in [0.05, 0.1) is 12.3 Å². The number of ether oxygens (including phenoxy) is 1. The number of fused-ring (bicyclic) bond motifs is 1. The summed E-state index contributed by atoms with van der Waals surface area (Å²) in [5, 5.41) is 13.5. The molecule has 1 aliphatic heterocycles. The first-order valence-corrected chi connectivity index (χ1v) is 8.42. The molecule has 3 rings (SSSR count). The van der Waals surface area contributed by atoms with Crippen molar-refractivity contribution in [2.24, 2.45) is 5.10 Å². The highest BCUT2D eigenvalue weighted by molar-refractivity contribution is 5.99. The number of anilines is 1. The van der Waals surface area contributed by atoms with Crippen molar-refractivity contribution < 1.29 is 14.6 Å². The van der Waals surface area contributed by atoms with E-state index in [-0.39, 0.29) is 11.6 Å². The predicted octanol–water partition coefficient (Wildman–Crippen LogP) is 2.51. The smallest absolute Gasteiger partial charge is 0.342 e. The summed E-state index contributed by atoms with van der Waals surface area (Å²) in [4.78, 5) is 27.9. The molecular formula is C18H20N4O4. The van der Waals surface area contributed by atoms with Crippen LogP contribution in [0.3, 0.4) is 0 Å². The second-order valence-electron chi connectivity index (χ2n) is 5.96.